The maximum atomic E-state index is 11.9. The van der Waals surface area contributed by atoms with Crippen LogP contribution in [0.25, 0.3) is 11.0 Å². The molecule has 116 valence electrons. The van der Waals surface area contributed by atoms with E-state index in [2.05, 4.69) is 4.99 Å². The van der Waals surface area contributed by atoms with Crippen LogP contribution >= 0.6 is 0 Å². The number of Topliss-reactive ketones (excluding diaryl/α,β-unsaturated/α-hetero) is 1. The summed E-state index contributed by atoms with van der Waals surface area (Å²) >= 11 is 0. The van der Waals surface area contributed by atoms with Crippen LogP contribution in [0.4, 0.5) is 5.69 Å². The molecule has 0 spiro atoms. The van der Waals surface area contributed by atoms with Crippen molar-refractivity contribution in [2.24, 2.45) is 4.99 Å². The van der Waals surface area contributed by atoms with Gasteiger partial charge in [0.2, 0.25) is 5.55 Å². The Kier molecular flexibility index (Phi) is 3.85. The molecule has 0 amide bonds. The van der Waals surface area contributed by atoms with Gasteiger partial charge in [-0.25, -0.2) is 4.99 Å². The quantitative estimate of drug-likeness (QED) is 0.751. The lowest BCUT2D eigenvalue weighted by Crippen LogP contribution is -2.12. The van der Waals surface area contributed by atoms with Crippen LogP contribution in [0.2, 0.25) is 0 Å². The van der Waals surface area contributed by atoms with Gasteiger partial charge in [-0.05, 0) is 55.5 Å². The Labute approximate surface area is 132 Å². The zero-order valence-electron chi connectivity index (χ0n) is 12.7. The third-order valence-corrected chi connectivity index (χ3v) is 3.41. The van der Waals surface area contributed by atoms with Gasteiger partial charge in [-0.1, -0.05) is 0 Å². The van der Waals surface area contributed by atoms with E-state index in [1.165, 1.54) is 13.0 Å². The highest BCUT2D eigenvalue weighted by molar-refractivity contribution is 5.96. The molecule has 0 aliphatic carbocycles. The molecule has 2 aromatic carbocycles. The molecule has 3 aromatic rings. The van der Waals surface area contributed by atoms with Crippen molar-refractivity contribution in [3.63, 3.8) is 0 Å². The lowest BCUT2D eigenvalue weighted by Gasteiger charge is -2.03. The lowest BCUT2D eigenvalue weighted by atomic mass is 10.1. The number of methoxy groups -OCH3 is 1. The Morgan fingerprint density at radius 3 is 2.52 bits per heavy atom. The summed E-state index contributed by atoms with van der Waals surface area (Å²) in [5.74, 6) is 0.676. The maximum absolute atomic E-state index is 11.9. The largest absolute Gasteiger partial charge is 0.508 e. The van der Waals surface area contributed by atoms with Crippen molar-refractivity contribution in [3.8, 4) is 11.5 Å². The van der Waals surface area contributed by atoms with Crippen LogP contribution < -0.4 is 10.3 Å². The second-order valence-electron chi connectivity index (χ2n) is 5.05. The molecule has 5 heteroatoms. The van der Waals surface area contributed by atoms with E-state index in [1.54, 1.807) is 49.6 Å². The Balaban J connectivity index is 2.21. The predicted molar refractivity (Wildman–Crippen MR) is 86.1 cm³/mol. The highest BCUT2D eigenvalue weighted by Crippen LogP contribution is 2.21. The van der Waals surface area contributed by atoms with Crippen molar-refractivity contribution in [3.05, 3.63) is 59.6 Å². The number of ketones is 1. The maximum Gasteiger partial charge on any atom is 0.230 e. The van der Waals surface area contributed by atoms with Gasteiger partial charge in [0.1, 0.15) is 17.1 Å². The summed E-state index contributed by atoms with van der Waals surface area (Å²) in [6.45, 7) is 1.45. The lowest BCUT2D eigenvalue weighted by molar-refractivity contribution is 0.101. The van der Waals surface area contributed by atoms with Gasteiger partial charge in [0.15, 0.2) is 5.78 Å². The van der Waals surface area contributed by atoms with Crippen molar-refractivity contribution in [2.75, 3.05) is 7.11 Å². The fraction of sp³-hybridized carbons (Fsp3) is 0.111. The van der Waals surface area contributed by atoms with Crippen molar-refractivity contribution < 1.29 is 19.1 Å². The van der Waals surface area contributed by atoms with E-state index in [4.69, 9.17) is 9.15 Å². The van der Waals surface area contributed by atoms with Gasteiger partial charge in [-0.3, -0.25) is 4.79 Å². The van der Waals surface area contributed by atoms with Gasteiger partial charge >= 0.3 is 0 Å². The minimum absolute atomic E-state index is 0.113. The van der Waals surface area contributed by atoms with E-state index in [9.17, 15) is 9.90 Å². The molecular weight excluding hydrogens is 294 g/mol. The molecule has 0 atom stereocenters. The van der Waals surface area contributed by atoms with Crippen molar-refractivity contribution >= 4 is 22.4 Å². The summed E-state index contributed by atoms with van der Waals surface area (Å²) in [4.78, 5) is 16.3. The molecule has 0 saturated heterocycles. The molecule has 0 aliphatic rings. The van der Waals surface area contributed by atoms with Crippen LogP contribution in [0.5, 0.6) is 11.5 Å². The molecular formula is C18H15NO4. The molecule has 5 nitrogen and oxygen atoms in total. The Bertz CT molecular complexity index is 939. The van der Waals surface area contributed by atoms with Crippen molar-refractivity contribution in [2.45, 2.75) is 6.92 Å². The third-order valence-electron chi connectivity index (χ3n) is 3.41. The Morgan fingerprint density at radius 2 is 1.87 bits per heavy atom. The summed E-state index contributed by atoms with van der Waals surface area (Å²) in [6.07, 6.45) is 0. The van der Waals surface area contributed by atoms with Crippen molar-refractivity contribution in [1.82, 2.24) is 0 Å². The van der Waals surface area contributed by atoms with Crippen LogP contribution in [-0.2, 0) is 0 Å². The molecule has 0 bridgehead atoms. The third kappa shape index (κ3) is 3.08. The topological polar surface area (TPSA) is 72.0 Å². The van der Waals surface area contributed by atoms with Crippen molar-refractivity contribution in [1.29, 1.82) is 0 Å². The van der Waals surface area contributed by atoms with Crippen LogP contribution in [0.1, 0.15) is 17.3 Å². The van der Waals surface area contributed by atoms with E-state index in [0.717, 1.165) is 5.75 Å². The number of phenols is 1. The van der Waals surface area contributed by atoms with Gasteiger partial charge in [0.25, 0.3) is 0 Å². The number of hydrogen-bond acceptors (Lipinski definition) is 5. The number of nitrogens with zero attached hydrogens (tertiary/aromatic N) is 1. The molecule has 1 aromatic heterocycles. The molecule has 0 aliphatic heterocycles. The van der Waals surface area contributed by atoms with E-state index >= 15 is 0 Å². The van der Waals surface area contributed by atoms with E-state index < -0.39 is 0 Å². The van der Waals surface area contributed by atoms with Gasteiger partial charge in [-0.2, -0.15) is 0 Å². The minimum atomic E-state index is -0.161. The van der Waals surface area contributed by atoms with E-state index in [0.29, 0.717) is 22.2 Å². The Morgan fingerprint density at radius 1 is 1.13 bits per heavy atom. The summed E-state index contributed by atoms with van der Waals surface area (Å²) in [6, 6.07) is 13.5. The summed E-state index contributed by atoms with van der Waals surface area (Å²) in [5.41, 5.74) is 1.79. The number of ether oxygens (including phenoxy) is 1. The first-order chi connectivity index (χ1) is 11.1. The number of benzene rings is 2. The van der Waals surface area contributed by atoms with Crippen LogP contribution in [-0.4, -0.2) is 18.0 Å². The molecule has 0 radical (unpaired) electrons. The fourth-order valence-electron chi connectivity index (χ4n) is 2.23. The average molecular weight is 309 g/mol. The zero-order valence-corrected chi connectivity index (χ0v) is 12.7. The molecule has 0 fully saturated rings. The molecule has 23 heavy (non-hydrogen) atoms. The SMILES string of the molecule is COc1ccc(N=c2oc3ccc(O)cc3cc2C(C)=O)cc1. The van der Waals surface area contributed by atoms with Gasteiger partial charge < -0.3 is 14.3 Å². The van der Waals surface area contributed by atoms with Crippen LogP contribution in [0.15, 0.2) is 57.9 Å². The number of carbonyl (C=O) groups is 1. The van der Waals surface area contributed by atoms with Crippen LogP contribution in [0, 0.1) is 0 Å². The van der Waals surface area contributed by atoms with E-state index in [1.807, 2.05) is 0 Å². The smallest absolute Gasteiger partial charge is 0.230 e. The zero-order chi connectivity index (χ0) is 16.4. The molecule has 0 unspecified atom stereocenters. The van der Waals surface area contributed by atoms with Crippen LogP contribution in [0.3, 0.4) is 0 Å². The second kappa shape index (κ2) is 5.96. The molecule has 0 saturated carbocycles. The summed E-state index contributed by atoms with van der Waals surface area (Å²) < 4.78 is 10.8. The normalized spacial score (nSPS) is 11.7. The minimum Gasteiger partial charge on any atom is -0.508 e. The number of aromatic hydroxyl groups is 1. The molecule has 1 heterocycles. The van der Waals surface area contributed by atoms with Gasteiger partial charge in [0.05, 0.1) is 18.4 Å². The molecule has 3 rings (SSSR count). The summed E-state index contributed by atoms with van der Waals surface area (Å²) in [7, 11) is 1.59. The number of fused-ring (bicyclic) bond motifs is 1. The number of phenolic OH excluding ortho intramolecular Hbond substituents is 1. The predicted octanol–water partition coefficient (Wildman–Crippen LogP) is 3.58. The first-order valence-electron chi connectivity index (χ1n) is 7.03. The van der Waals surface area contributed by atoms with Gasteiger partial charge in [-0.15, -0.1) is 0 Å². The monoisotopic (exact) mass is 309 g/mol. The van der Waals surface area contributed by atoms with Gasteiger partial charge in [0, 0.05) is 5.39 Å². The first kappa shape index (κ1) is 14.8. The second-order valence-corrected chi connectivity index (χ2v) is 5.05. The Hall–Kier alpha value is -3.08. The first-order valence-corrected chi connectivity index (χ1v) is 7.03. The number of carbonyl (C=O) groups excluding carboxylic acids is 1. The number of hydrogen-bond donors (Lipinski definition) is 1. The standard InChI is InChI=1S/C18H15NO4/c1-11(20)16-10-12-9-14(21)5-8-17(12)23-18(16)19-13-3-6-15(22-2)7-4-13/h3-10,21H,1-2H3. The highest BCUT2D eigenvalue weighted by Gasteiger charge is 2.09. The highest BCUT2D eigenvalue weighted by atomic mass is 16.5. The fourth-order valence-corrected chi connectivity index (χ4v) is 2.23. The number of rotatable bonds is 3. The average Bonchev–Trinajstić information content (AvgIpc) is 2.55. The van der Waals surface area contributed by atoms with E-state index in [-0.39, 0.29) is 17.1 Å². The summed E-state index contributed by atoms with van der Waals surface area (Å²) in [5, 5.41) is 10.2. The molecule has 1 N–H and O–H groups in total.